The third kappa shape index (κ3) is 6.62. The first-order chi connectivity index (χ1) is 11.8. The van der Waals surface area contributed by atoms with E-state index in [1.54, 1.807) is 0 Å². The minimum Gasteiger partial charge on any atom is -0.492 e. The van der Waals surface area contributed by atoms with Gasteiger partial charge in [-0.15, -0.1) is 0 Å². The Kier molecular flexibility index (Phi) is 8.18. The van der Waals surface area contributed by atoms with Crippen LogP contribution in [0, 0.1) is 0 Å². The average Bonchev–Trinajstić information content (AvgIpc) is 2.63. The molecule has 1 aliphatic rings. The number of nitrogens with one attached hydrogen (secondary N) is 1. The second-order valence-corrected chi connectivity index (χ2v) is 5.76. The van der Waals surface area contributed by atoms with Gasteiger partial charge in [-0.05, 0) is 31.9 Å². The molecule has 0 atom stereocenters. The van der Waals surface area contributed by atoms with Crippen LogP contribution in [0.1, 0.15) is 19.8 Å². The summed E-state index contributed by atoms with van der Waals surface area (Å²) in [6.45, 7) is 6.76. The number of ether oxygens (including phenoxy) is 2. The SMILES string of the molecule is CCNC(=NCCC1=CCOCC1)N(C)CCOc1ccccc1. The highest BCUT2D eigenvalue weighted by Crippen LogP contribution is 2.11. The lowest BCUT2D eigenvalue weighted by molar-refractivity contribution is 0.153. The van der Waals surface area contributed by atoms with Crippen molar-refractivity contribution in [2.45, 2.75) is 19.8 Å². The highest BCUT2D eigenvalue weighted by Gasteiger charge is 2.07. The minimum atomic E-state index is 0.632. The molecule has 0 aliphatic carbocycles. The van der Waals surface area contributed by atoms with Crippen LogP contribution >= 0.6 is 0 Å². The Labute approximate surface area is 145 Å². The summed E-state index contributed by atoms with van der Waals surface area (Å²) in [4.78, 5) is 6.84. The maximum atomic E-state index is 5.76. The minimum absolute atomic E-state index is 0.632. The molecule has 1 aromatic rings. The summed E-state index contributed by atoms with van der Waals surface area (Å²) < 4.78 is 11.1. The summed E-state index contributed by atoms with van der Waals surface area (Å²) in [6, 6.07) is 9.90. The molecule has 1 aromatic carbocycles. The summed E-state index contributed by atoms with van der Waals surface area (Å²) in [7, 11) is 2.05. The first-order valence-corrected chi connectivity index (χ1v) is 8.72. The molecule has 0 amide bonds. The monoisotopic (exact) mass is 331 g/mol. The molecule has 1 aliphatic heterocycles. The number of hydrogen-bond donors (Lipinski definition) is 1. The van der Waals surface area contributed by atoms with E-state index >= 15 is 0 Å². The smallest absolute Gasteiger partial charge is 0.193 e. The molecule has 1 N–H and O–H groups in total. The fourth-order valence-electron chi connectivity index (χ4n) is 2.49. The molecule has 0 unspecified atom stereocenters. The predicted molar refractivity (Wildman–Crippen MR) is 98.7 cm³/mol. The van der Waals surface area contributed by atoms with Crippen LogP contribution in [-0.2, 0) is 4.74 Å². The number of para-hydroxylation sites is 1. The topological polar surface area (TPSA) is 46.1 Å². The molecule has 1 heterocycles. The lowest BCUT2D eigenvalue weighted by atomic mass is 10.1. The number of benzene rings is 1. The molecule has 0 aromatic heterocycles. The number of rotatable bonds is 8. The molecule has 5 nitrogen and oxygen atoms in total. The van der Waals surface area contributed by atoms with Gasteiger partial charge in [0.15, 0.2) is 5.96 Å². The molecular formula is C19H29N3O2. The fourth-order valence-corrected chi connectivity index (χ4v) is 2.49. The summed E-state index contributed by atoms with van der Waals surface area (Å²) in [5.74, 6) is 1.83. The van der Waals surface area contributed by atoms with Crippen molar-refractivity contribution in [3.8, 4) is 5.75 Å². The van der Waals surface area contributed by atoms with Gasteiger partial charge in [-0.25, -0.2) is 0 Å². The van der Waals surface area contributed by atoms with E-state index in [9.17, 15) is 0 Å². The highest BCUT2D eigenvalue weighted by molar-refractivity contribution is 5.79. The summed E-state index contributed by atoms with van der Waals surface area (Å²) in [6.07, 6.45) is 4.22. The Balaban J connectivity index is 1.76. The normalized spacial score (nSPS) is 14.9. The van der Waals surface area contributed by atoms with Crippen LogP contribution in [0.2, 0.25) is 0 Å². The lowest BCUT2D eigenvalue weighted by Crippen LogP contribution is -2.41. The predicted octanol–water partition coefficient (Wildman–Crippen LogP) is 2.70. The van der Waals surface area contributed by atoms with E-state index in [-0.39, 0.29) is 0 Å². The third-order valence-electron chi connectivity index (χ3n) is 3.89. The fraction of sp³-hybridized carbons (Fsp3) is 0.526. The van der Waals surface area contributed by atoms with Crippen LogP contribution in [0.5, 0.6) is 5.75 Å². The van der Waals surface area contributed by atoms with E-state index < -0.39 is 0 Å². The first kappa shape index (κ1) is 18.3. The van der Waals surface area contributed by atoms with Gasteiger partial charge in [0.1, 0.15) is 12.4 Å². The molecule has 5 heteroatoms. The van der Waals surface area contributed by atoms with Gasteiger partial charge >= 0.3 is 0 Å². The van der Waals surface area contributed by atoms with E-state index in [2.05, 4.69) is 23.2 Å². The Morgan fingerprint density at radius 3 is 2.88 bits per heavy atom. The molecule has 0 saturated heterocycles. The van der Waals surface area contributed by atoms with Gasteiger partial charge in [-0.3, -0.25) is 4.99 Å². The number of aliphatic imine (C=N–C) groups is 1. The van der Waals surface area contributed by atoms with E-state index in [0.717, 1.165) is 57.4 Å². The van der Waals surface area contributed by atoms with Gasteiger partial charge in [-0.2, -0.15) is 0 Å². The Bertz CT molecular complexity index is 529. The van der Waals surface area contributed by atoms with Crippen molar-refractivity contribution in [2.24, 2.45) is 4.99 Å². The van der Waals surface area contributed by atoms with E-state index in [0.29, 0.717) is 6.61 Å². The highest BCUT2D eigenvalue weighted by atomic mass is 16.5. The van der Waals surface area contributed by atoms with Crippen molar-refractivity contribution in [2.75, 3.05) is 46.5 Å². The van der Waals surface area contributed by atoms with Gasteiger partial charge < -0.3 is 19.7 Å². The van der Waals surface area contributed by atoms with Crippen LogP contribution in [0.4, 0.5) is 0 Å². The van der Waals surface area contributed by atoms with Gasteiger partial charge in [0.05, 0.1) is 19.8 Å². The first-order valence-electron chi connectivity index (χ1n) is 8.72. The zero-order valence-electron chi connectivity index (χ0n) is 14.8. The maximum absolute atomic E-state index is 5.76. The van der Waals surface area contributed by atoms with Crippen molar-refractivity contribution in [1.29, 1.82) is 0 Å². The van der Waals surface area contributed by atoms with E-state index in [4.69, 9.17) is 14.5 Å². The van der Waals surface area contributed by atoms with Gasteiger partial charge in [0.2, 0.25) is 0 Å². The van der Waals surface area contributed by atoms with Crippen LogP contribution in [0.25, 0.3) is 0 Å². The van der Waals surface area contributed by atoms with Gasteiger partial charge in [0, 0.05) is 20.1 Å². The number of likely N-dealkylation sites (N-methyl/N-ethyl adjacent to an activating group) is 1. The van der Waals surface area contributed by atoms with Crippen LogP contribution in [0.15, 0.2) is 47.0 Å². The standard InChI is InChI=1S/C19H29N3O2/c1-3-20-19(21-12-9-17-10-14-23-15-11-17)22(2)13-16-24-18-7-5-4-6-8-18/h4-8,10H,3,9,11-16H2,1-2H3,(H,20,21). The van der Waals surface area contributed by atoms with E-state index in [1.807, 2.05) is 37.4 Å². The second kappa shape index (κ2) is 10.7. The number of guanidine groups is 1. The molecule has 2 rings (SSSR count). The summed E-state index contributed by atoms with van der Waals surface area (Å²) in [5.41, 5.74) is 1.45. The maximum Gasteiger partial charge on any atom is 0.193 e. The number of hydrogen-bond acceptors (Lipinski definition) is 3. The molecular weight excluding hydrogens is 302 g/mol. The Morgan fingerprint density at radius 2 is 2.17 bits per heavy atom. The van der Waals surface area contributed by atoms with Crippen molar-refractivity contribution in [3.05, 3.63) is 42.0 Å². The van der Waals surface area contributed by atoms with Crippen LogP contribution in [0.3, 0.4) is 0 Å². The second-order valence-electron chi connectivity index (χ2n) is 5.76. The van der Waals surface area contributed by atoms with Crippen LogP contribution in [-0.4, -0.2) is 57.4 Å². The Hall–Kier alpha value is -2.01. The van der Waals surface area contributed by atoms with Crippen molar-refractivity contribution in [1.82, 2.24) is 10.2 Å². The van der Waals surface area contributed by atoms with Crippen molar-refractivity contribution in [3.63, 3.8) is 0 Å². The molecule has 0 fully saturated rings. The molecule has 0 radical (unpaired) electrons. The Morgan fingerprint density at radius 1 is 1.33 bits per heavy atom. The van der Waals surface area contributed by atoms with Crippen molar-refractivity contribution < 1.29 is 9.47 Å². The van der Waals surface area contributed by atoms with Gasteiger partial charge in [0.25, 0.3) is 0 Å². The van der Waals surface area contributed by atoms with Crippen LogP contribution < -0.4 is 10.1 Å². The third-order valence-corrected chi connectivity index (χ3v) is 3.89. The van der Waals surface area contributed by atoms with E-state index in [1.165, 1.54) is 5.57 Å². The molecule has 0 saturated carbocycles. The average molecular weight is 331 g/mol. The molecule has 0 bridgehead atoms. The molecule has 24 heavy (non-hydrogen) atoms. The molecule has 0 spiro atoms. The summed E-state index contributed by atoms with van der Waals surface area (Å²) in [5, 5.41) is 3.35. The van der Waals surface area contributed by atoms with Crippen molar-refractivity contribution >= 4 is 5.96 Å². The number of nitrogens with zero attached hydrogens (tertiary/aromatic N) is 2. The quantitative estimate of drug-likeness (QED) is 0.452. The zero-order chi connectivity index (χ0) is 17.0. The summed E-state index contributed by atoms with van der Waals surface area (Å²) >= 11 is 0. The zero-order valence-corrected chi connectivity index (χ0v) is 14.8. The lowest BCUT2D eigenvalue weighted by Gasteiger charge is -2.22. The largest absolute Gasteiger partial charge is 0.492 e. The molecule has 132 valence electrons. The van der Waals surface area contributed by atoms with Gasteiger partial charge in [-0.1, -0.05) is 29.8 Å².